The molecule has 0 aromatic heterocycles. The van der Waals surface area contributed by atoms with Crippen LogP contribution < -0.4 is 0 Å². The topological polar surface area (TPSA) is 0 Å². The Morgan fingerprint density at radius 1 is 0.844 bits per heavy atom. The van der Waals surface area contributed by atoms with Gasteiger partial charge < -0.3 is 0 Å². The van der Waals surface area contributed by atoms with E-state index in [9.17, 15) is 22.0 Å². The van der Waals surface area contributed by atoms with Crippen LogP contribution in [0.5, 0.6) is 0 Å². The summed E-state index contributed by atoms with van der Waals surface area (Å²) in [4.78, 5) is 0. The Bertz CT molecular complexity index is 836. The van der Waals surface area contributed by atoms with Crippen molar-refractivity contribution in [1.82, 2.24) is 0 Å². The fraction of sp³-hybridized carbons (Fsp3) is 0.556. The average molecular weight is 453 g/mol. The summed E-state index contributed by atoms with van der Waals surface area (Å²) in [6.07, 6.45) is 4.77. The first-order valence-corrected chi connectivity index (χ1v) is 11.8. The molecule has 176 valence electrons. The Balaban J connectivity index is 1.51. The molecule has 0 atom stereocenters. The summed E-state index contributed by atoms with van der Waals surface area (Å²) >= 11 is 0. The quantitative estimate of drug-likeness (QED) is 0.351. The molecular weight excluding hydrogens is 419 g/mol. The highest BCUT2D eigenvalue weighted by Crippen LogP contribution is 2.38. The molecule has 0 heterocycles. The van der Waals surface area contributed by atoms with Crippen LogP contribution in [0.2, 0.25) is 0 Å². The van der Waals surface area contributed by atoms with Crippen LogP contribution in [-0.2, 0) is 19.0 Å². The zero-order valence-corrected chi connectivity index (χ0v) is 18.9. The van der Waals surface area contributed by atoms with Crippen LogP contribution >= 0.6 is 0 Å². The van der Waals surface area contributed by atoms with Gasteiger partial charge >= 0.3 is 6.18 Å². The molecule has 0 nitrogen and oxygen atoms in total. The summed E-state index contributed by atoms with van der Waals surface area (Å²) in [6, 6.07) is 9.90. The van der Waals surface area contributed by atoms with Gasteiger partial charge in [-0.3, -0.25) is 0 Å². The van der Waals surface area contributed by atoms with E-state index < -0.39 is 23.4 Å². The SMILES string of the molecule is CC(C)CCCC1CCC(c2ccc(CCc3cc(F)c(C(F)(F)F)c(F)c3)cc2)CC1. The van der Waals surface area contributed by atoms with Crippen LogP contribution in [0.3, 0.4) is 0 Å². The number of hydrogen-bond acceptors (Lipinski definition) is 0. The summed E-state index contributed by atoms with van der Waals surface area (Å²) in [5.74, 6) is -0.884. The van der Waals surface area contributed by atoms with E-state index in [4.69, 9.17) is 0 Å². The maximum absolute atomic E-state index is 13.8. The predicted molar refractivity (Wildman–Crippen MR) is 119 cm³/mol. The molecule has 1 fully saturated rings. The van der Waals surface area contributed by atoms with Gasteiger partial charge in [0.25, 0.3) is 0 Å². The van der Waals surface area contributed by atoms with Crippen molar-refractivity contribution in [3.63, 3.8) is 0 Å². The molecule has 0 saturated heterocycles. The third-order valence-corrected chi connectivity index (χ3v) is 6.78. The monoisotopic (exact) mass is 452 g/mol. The van der Waals surface area contributed by atoms with Crippen molar-refractivity contribution in [2.24, 2.45) is 11.8 Å². The van der Waals surface area contributed by atoms with Crippen molar-refractivity contribution in [1.29, 1.82) is 0 Å². The van der Waals surface area contributed by atoms with Gasteiger partial charge in [-0.25, -0.2) is 8.78 Å². The van der Waals surface area contributed by atoms with Crippen LogP contribution in [0.15, 0.2) is 36.4 Å². The Labute approximate surface area is 188 Å². The van der Waals surface area contributed by atoms with E-state index in [-0.39, 0.29) is 12.0 Å². The average Bonchev–Trinajstić information content (AvgIpc) is 2.71. The zero-order chi connectivity index (χ0) is 23.3. The van der Waals surface area contributed by atoms with E-state index in [1.165, 1.54) is 50.5 Å². The van der Waals surface area contributed by atoms with Gasteiger partial charge in [-0.2, -0.15) is 13.2 Å². The highest BCUT2D eigenvalue weighted by Gasteiger charge is 2.37. The van der Waals surface area contributed by atoms with Crippen LogP contribution in [0.4, 0.5) is 22.0 Å². The molecule has 1 aliphatic rings. The second-order valence-corrected chi connectivity index (χ2v) is 9.72. The fourth-order valence-electron chi connectivity index (χ4n) is 4.89. The van der Waals surface area contributed by atoms with Gasteiger partial charge in [-0.15, -0.1) is 0 Å². The van der Waals surface area contributed by atoms with Crippen molar-refractivity contribution in [3.05, 3.63) is 70.3 Å². The first-order chi connectivity index (χ1) is 15.1. The van der Waals surface area contributed by atoms with Crippen molar-refractivity contribution < 1.29 is 22.0 Å². The summed E-state index contributed by atoms with van der Waals surface area (Å²) in [7, 11) is 0. The van der Waals surface area contributed by atoms with Gasteiger partial charge in [0, 0.05) is 0 Å². The Kier molecular flexibility index (Phi) is 8.35. The molecule has 2 aromatic rings. The third-order valence-electron chi connectivity index (χ3n) is 6.78. The van der Waals surface area contributed by atoms with Crippen LogP contribution in [0, 0.1) is 23.5 Å². The lowest BCUT2D eigenvalue weighted by Crippen LogP contribution is -2.13. The fourth-order valence-corrected chi connectivity index (χ4v) is 4.89. The number of hydrogen-bond donors (Lipinski definition) is 0. The van der Waals surface area contributed by atoms with Crippen LogP contribution in [0.1, 0.15) is 87.0 Å². The standard InChI is InChI=1S/C27H33F5/c1-18(2)4-3-5-19-8-12-22(13-9-19)23-14-10-20(11-15-23)6-7-21-16-24(28)26(25(29)17-21)27(30,31)32/h10-11,14-19,22H,3-9,12-13H2,1-2H3. The molecule has 2 aromatic carbocycles. The molecule has 5 heteroatoms. The largest absolute Gasteiger partial charge is 0.422 e. The van der Waals surface area contributed by atoms with Gasteiger partial charge in [0.1, 0.15) is 17.2 Å². The minimum atomic E-state index is -5.03. The maximum Gasteiger partial charge on any atom is 0.422 e. The lowest BCUT2D eigenvalue weighted by atomic mass is 9.77. The van der Waals surface area contributed by atoms with Crippen LogP contribution in [0.25, 0.3) is 0 Å². The Morgan fingerprint density at radius 2 is 1.41 bits per heavy atom. The third kappa shape index (κ3) is 6.79. The Morgan fingerprint density at radius 3 is 1.94 bits per heavy atom. The van der Waals surface area contributed by atoms with E-state index in [1.54, 1.807) is 0 Å². The number of benzene rings is 2. The van der Waals surface area contributed by atoms with Crippen molar-refractivity contribution in [2.45, 2.75) is 83.7 Å². The van der Waals surface area contributed by atoms with E-state index in [1.807, 2.05) is 12.1 Å². The minimum absolute atomic E-state index is 0.230. The highest BCUT2D eigenvalue weighted by atomic mass is 19.4. The minimum Gasteiger partial charge on any atom is -0.206 e. The van der Waals surface area contributed by atoms with Crippen molar-refractivity contribution in [2.75, 3.05) is 0 Å². The molecular formula is C27H33F5. The smallest absolute Gasteiger partial charge is 0.206 e. The molecule has 0 bridgehead atoms. The van der Waals surface area contributed by atoms with E-state index >= 15 is 0 Å². The van der Waals surface area contributed by atoms with Crippen molar-refractivity contribution >= 4 is 0 Å². The second-order valence-electron chi connectivity index (χ2n) is 9.72. The van der Waals surface area contributed by atoms with Crippen LogP contribution in [-0.4, -0.2) is 0 Å². The number of alkyl halides is 3. The van der Waals surface area contributed by atoms with Gasteiger partial charge in [0.05, 0.1) is 0 Å². The molecule has 0 spiro atoms. The van der Waals surface area contributed by atoms with E-state index in [2.05, 4.69) is 26.0 Å². The number of rotatable bonds is 8. The molecule has 1 saturated carbocycles. The number of halogens is 5. The zero-order valence-electron chi connectivity index (χ0n) is 18.9. The number of aryl methyl sites for hydroxylation is 2. The van der Waals surface area contributed by atoms with Gasteiger partial charge in [-0.05, 0) is 85.1 Å². The summed E-state index contributed by atoms with van der Waals surface area (Å²) < 4.78 is 65.7. The maximum atomic E-state index is 13.8. The first kappa shape index (κ1) is 24.7. The molecule has 3 rings (SSSR count). The molecule has 32 heavy (non-hydrogen) atoms. The molecule has 0 aliphatic heterocycles. The Hall–Kier alpha value is -1.91. The first-order valence-electron chi connectivity index (χ1n) is 11.8. The van der Waals surface area contributed by atoms with E-state index in [0.717, 1.165) is 29.5 Å². The van der Waals surface area contributed by atoms with E-state index in [0.29, 0.717) is 12.3 Å². The van der Waals surface area contributed by atoms with Crippen molar-refractivity contribution in [3.8, 4) is 0 Å². The normalized spacial score (nSPS) is 19.5. The van der Waals surface area contributed by atoms with Gasteiger partial charge in [0.15, 0.2) is 0 Å². The molecule has 1 aliphatic carbocycles. The summed E-state index contributed by atoms with van der Waals surface area (Å²) in [5, 5.41) is 0. The lowest BCUT2D eigenvalue weighted by Gasteiger charge is -2.29. The van der Waals surface area contributed by atoms with Gasteiger partial charge in [-0.1, -0.05) is 57.4 Å². The second kappa shape index (κ2) is 10.8. The lowest BCUT2D eigenvalue weighted by molar-refractivity contribution is -0.142. The molecule has 0 radical (unpaired) electrons. The predicted octanol–water partition coefficient (Wildman–Crippen LogP) is 8.87. The summed E-state index contributed by atoms with van der Waals surface area (Å²) in [5.41, 5.74) is 0.756. The molecule has 0 unspecified atom stereocenters. The molecule has 0 amide bonds. The highest BCUT2D eigenvalue weighted by molar-refractivity contribution is 5.30. The summed E-state index contributed by atoms with van der Waals surface area (Å²) in [6.45, 7) is 4.56. The van der Waals surface area contributed by atoms with Gasteiger partial charge in [0.2, 0.25) is 0 Å². The molecule has 0 N–H and O–H groups in total.